The van der Waals surface area contributed by atoms with E-state index in [1.807, 2.05) is 0 Å². The number of rotatable bonds is 3. The molecule has 7 heteroatoms. The topological polar surface area (TPSA) is 104 Å². The highest BCUT2D eigenvalue weighted by molar-refractivity contribution is 6.02. The Morgan fingerprint density at radius 2 is 2.00 bits per heavy atom. The fourth-order valence-electron chi connectivity index (χ4n) is 2.57. The highest BCUT2D eigenvalue weighted by Crippen LogP contribution is 2.23. The van der Waals surface area contributed by atoms with Gasteiger partial charge in [0.15, 0.2) is 0 Å². The van der Waals surface area contributed by atoms with Gasteiger partial charge in [-0.25, -0.2) is 5.10 Å². The molecule has 0 saturated carbocycles. The normalized spacial score (nSPS) is 14.5. The van der Waals surface area contributed by atoms with Gasteiger partial charge in [0.05, 0.1) is 0 Å². The summed E-state index contributed by atoms with van der Waals surface area (Å²) in [4.78, 5) is 8.62. The van der Waals surface area contributed by atoms with Gasteiger partial charge in [-0.1, -0.05) is 0 Å². The van der Waals surface area contributed by atoms with Gasteiger partial charge in [-0.15, -0.1) is 5.10 Å². The van der Waals surface area contributed by atoms with Crippen LogP contribution in [0.2, 0.25) is 0 Å². The van der Waals surface area contributed by atoms with Crippen molar-refractivity contribution in [1.29, 1.82) is 0 Å². The van der Waals surface area contributed by atoms with Crippen LogP contribution in [0.25, 0.3) is 0 Å². The first kappa shape index (κ1) is 13.4. The van der Waals surface area contributed by atoms with Crippen molar-refractivity contribution in [2.75, 3.05) is 24.1 Å². The van der Waals surface area contributed by atoms with Gasteiger partial charge in [0.25, 0.3) is 0 Å². The zero-order valence-electron chi connectivity index (χ0n) is 12.2. The number of nitrogens with two attached hydrogens (primary N) is 1. The molecule has 0 spiro atoms. The van der Waals surface area contributed by atoms with Crippen LogP contribution in [0, 0.1) is 13.8 Å². The molecule has 0 fully saturated rings. The summed E-state index contributed by atoms with van der Waals surface area (Å²) in [5.41, 5.74) is 9.95. The third kappa shape index (κ3) is 2.81. The highest BCUT2D eigenvalue weighted by Gasteiger charge is 2.14. The molecule has 5 N–H and O–H groups in total. The number of aryl methyl sites for hydroxylation is 2. The van der Waals surface area contributed by atoms with E-state index in [1.165, 1.54) is 5.56 Å². The smallest absolute Gasteiger partial charge is 0.248 e. The number of hydrogen-bond donors (Lipinski definition) is 4. The van der Waals surface area contributed by atoms with Crippen LogP contribution in [0.1, 0.15) is 23.1 Å². The number of nitrogens with zero attached hydrogens (tertiary/aromatic N) is 3. The van der Waals surface area contributed by atoms with Crippen molar-refractivity contribution in [3.63, 3.8) is 0 Å². The Bertz CT molecular complexity index is 663. The lowest BCUT2D eigenvalue weighted by atomic mass is 10.00. The minimum absolute atomic E-state index is 0.295. The van der Waals surface area contributed by atoms with Crippen molar-refractivity contribution in [3.05, 3.63) is 28.8 Å². The van der Waals surface area contributed by atoms with Crippen LogP contribution < -0.4 is 16.4 Å². The second kappa shape index (κ2) is 5.43. The van der Waals surface area contributed by atoms with Gasteiger partial charge in [-0.05, 0) is 43.5 Å². The minimum Gasteiger partial charge on any atom is -0.370 e. The predicted molar refractivity (Wildman–Crippen MR) is 84.0 cm³/mol. The maximum absolute atomic E-state index is 5.52. The highest BCUT2D eigenvalue weighted by atomic mass is 15.3. The lowest BCUT2D eigenvalue weighted by Crippen LogP contribution is -2.31. The standard InChI is InChI=1S/C14H19N7/c1-8-6-10(18-14-19-13(15)20-21-14)7-9(2)11(8)12-16-4-3-5-17-12/h6-7H,3-5H2,1-2H3,(H,16,17)(H4,15,18,19,20,21). The Hall–Kier alpha value is -2.57. The van der Waals surface area contributed by atoms with E-state index in [0.29, 0.717) is 11.9 Å². The predicted octanol–water partition coefficient (Wildman–Crippen LogP) is 1.49. The molecule has 2 aromatic rings. The maximum Gasteiger partial charge on any atom is 0.248 e. The van der Waals surface area contributed by atoms with E-state index in [9.17, 15) is 0 Å². The van der Waals surface area contributed by atoms with E-state index in [4.69, 9.17) is 5.73 Å². The third-order valence-corrected chi connectivity index (χ3v) is 3.43. The molecule has 21 heavy (non-hydrogen) atoms. The first-order valence-electron chi connectivity index (χ1n) is 6.98. The quantitative estimate of drug-likeness (QED) is 0.684. The Morgan fingerprint density at radius 3 is 2.57 bits per heavy atom. The first-order chi connectivity index (χ1) is 10.1. The number of aromatic nitrogens is 3. The fraction of sp³-hybridized carbons (Fsp3) is 0.357. The lowest BCUT2D eigenvalue weighted by Gasteiger charge is -2.19. The van der Waals surface area contributed by atoms with Crippen molar-refractivity contribution in [3.8, 4) is 0 Å². The number of aliphatic imine (C=N–C) groups is 1. The number of nitrogens with one attached hydrogen (secondary N) is 3. The number of H-pyrrole nitrogens is 1. The molecule has 7 nitrogen and oxygen atoms in total. The molecule has 0 aliphatic carbocycles. The molecule has 0 radical (unpaired) electrons. The largest absolute Gasteiger partial charge is 0.370 e. The summed E-state index contributed by atoms with van der Waals surface area (Å²) in [7, 11) is 0. The number of amidine groups is 1. The molecule has 2 heterocycles. The zero-order chi connectivity index (χ0) is 14.8. The van der Waals surface area contributed by atoms with E-state index in [2.05, 4.69) is 56.8 Å². The van der Waals surface area contributed by atoms with Crippen LogP contribution >= 0.6 is 0 Å². The molecule has 1 aromatic heterocycles. The van der Waals surface area contributed by atoms with E-state index in [-0.39, 0.29) is 0 Å². The van der Waals surface area contributed by atoms with Crippen LogP contribution in [0.3, 0.4) is 0 Å². The van der Waals surface area contributed by atoms with E-state index < -0.39 is 0 Å². The Labute approximate surface area is 123 Å². The number of benzene rings is 1. The summed E-state index contributed by atoms with van der Waals surface area (Å²) in [5.74, 6) is 1.75. The summed E-state index contributed by atoms with van der Waals surface area (Å²) >= 11 is 0. The van der Waals surface area contributed by atoms with Crippen LogP contribution in [0.4, 0.5) is 17.6 Å². The average Bonchev–Trinajstić information content (AvgIpc) is 2.84. The van der Waals surface area contributed by atoms with Crippen LogP contribution in [0.5, 0.6) is 0 Å². The van der Waals surface area contributed by atoms with Gasteiger partial charge in [-0.3, -0.25) is 4.99 Å². The number of aromatic amines is 1. The third-order valence-electron chi connectivity index (χ3n) is 3.43. The van der Waals surface area contributed by atoms with Crippen molar-refractivity contribution in [1.82, 2.24) is 20.5 Å². The van der Waals surface area contributed by atoms with Crippen molar-refractivity contribution < 1.29 is 0 Å². The molecule has 0 atom stereocenters. The minimum atomic E-state index is 0.295. The van der Waals surface area contributed by atoms with Gasteiger partial charge in [0.1, 0.15) is 5.84 Å². The first-order valence-corrected chi connectivity index (χ1v) is 6.98. The number of hydrogen-bond acceptors (Lipinski definition) is 6. The van der Waals surface area contributed by atoms with E-state index in [1.54, 1.807) is 0 Å². The molecular formula is C14H19N7. The van der Waals surface area contributed by atoms with Crippen molar-refractivity contribution in [2.24, 2.45) is 4.99 Å². The SMILES string of the molecule is Cc1cc(Nc2n[nH]c(N)n2)cc(C)c1C1=NCCCN1. The zero-order valence-corrected chi connectivity index (χ0v) is 12.2. The fourth-order valence-corrected chi connectivity index (χ4v) is 2.57. The molecule has 0 amide bonds. The summed E-state index contributed by atoms with van der Waals surface area (Å²) in [6.45, 7) is 6.03. The summed E-state index contributed by atoms with van der Waals surface area (Å²) < 4.78 is 0. The molecule has 1 aliphatic rings. The summed E-state index contributed by atoms with van der Waals surface area (Å²) in [6.07, 6.45) is 1.09. The number of nitrogen functional groups attached to an aromatic ring is 1. The second-order valence-electron chi connectivity index (χ2n) is 5.16. The molecule has 0 saturated heterocycles. The molecule has 0 unspecified atom stereocenters. The molecular weight excluding hydrogens is 266 g/mol. The maximum atomic E-state index is 5.52. The molecule has 110 valence electrons. The summed E-state index contributed by atoms with van der Waals surface area (Å²) in [6, 6.07) is 4.13. The van der Waals surface area contributed by atoms with Gasteiger partial charge in [0, 0.05) is 24.3 Å². The second-order valence-corrected chi connectivity index (χ2v) is 5.16. The van der Waals surface area contributed by atoms with Gasteiger partial charge < -0.3 is 16.4 Å². The van der Waals surface area contributed by atoms with E-state index in [0.717, 1.165) is 42.2 Å². The Kier molecular flexibility index (Phi) is 3.47. The Balaban J connectivity index is 1.90. The summed E-state index contributed by atoms with van der Waals surface area (Å²) in [5, 5.41) is 13.1. The van der Waals surface area contributed by atoms with Gasteiger partial charge >= 0.3 is 0 Å². The molecule has 0 bridgehead atoms. The van der Waals surface area contributed by atoms with Crippen LogP contribution in [-0.4, -0.2) is 34.1 Å². The van der Waals surface area contributed by atoms with Gasteiger partial charge in [0.2, 0.25) is 11.9 Å². The van der Waals surface area contributed by atoms with E-state index >= 15 is 0 Å². The van der Waals surface area contributed by atoms with Crippen LogP contribution in [0.15, 0.2) is 17.1 Å². The molecule has 1 aromatic carbocycles. The monoisotopic (exact) mass is 285 g/mol. The average molecular weight is 285 g/mol. The van der Waals surface area contributed by atoms with Crippen LogP contribution in [-0.2, 0) is 0 Å². The number of anilines is 3. The molecule has 3 rings (SSSR count). The van der Waals surface area contributed by atoms with Crippen molar-refractivity contribution >= 4 is 23.4 Å². The lowest BCUT2D eigenvalue weighted by molar-refractivity contribution is 0.741. The van der Waals surface area contributed by atoms with Gasteiger partial charge in [-0.2, -0.15) is 4.98 Å². The Morgan fingerprint density at radius 1 is 1.24 bits per heavy atom. The molecule has 1 aliphatic heterocycles. The van der Waals surface area contributed by atoms with Crippen molar-refractivity contribution in [2.45, 2.75) is 20.3 Å².